The number of carbonyl (C=O) groups is 3. The fourth-order valence-electron chi connectivity index (χ4n) is 10.1. The number of hydrogen-bond donors (Lipinski definition) is 0. The molecule has 472 valence electrons. The van der Waals surface area contributed by atoms with Gasteiger partial charge in [-0.1, -0.05) is 323 Å². The lowest BCUT2D eigenvalue weighted by Gasteiger charge is -2.18. The number of unbranched alkanes of at least 4 members (excludes halogenated alkanes) is 37. The van der Waals surface area contributed by atoms with Gasteiger partial charge in [-0.3, -0.25) is 14.4 Å². The van der Waals surface area contributed by atoms with Crippen molar-refractivity contribution in [2.45, 2.75) is 354 Å². The van der Waals surface area contributed by atoms with Crippen LogP contribution in [0.15, 0.2) is 97.2 Å². The molecule has 0 heterocycles. The van der Waals surface area contributed by atoms with E-state index < -0.39 is 6.10 Å². The van der Waals surface area contributed by atoms with Gasteiger partial charge < -0.3 is 14.2 Å². The molecule has 0 aromatic rings. The topological polar surface area (TPSA) is 78.9 Å². The van der Waals surface area contributed by atoms with E-state index in [1.54, 1.807) is 0 Å². The normalized spacial score (nSPS) is 12.7. The molecule has 0 saturated carbocycles. The Morgan fingerprint density at radius 3 is 0.756 bits per heavy atom. The van der Waals surface area contributed by atoms with Crippen molar-refractivity contribution in [2.75, 3.05) is 13.2 Å². The Hall–Kier alpha value is -3.67. The van der Waals surface area contributed by atoms with Crippen molar-refractivity contribution in [3.05, 3.63) is 97.2 Å². The smallest absolute Gasteiger partial charge is 0.306 e. The Balaban J connectivity index is 4.35. The minimum absolute atomic E-state index is 0.0818. The molecule has 0 aliphatic rings. The van der Waals surface area contributed by atoms with Gasteiger partial charge in [-0.25, -0.2) is 0 Å². The molecular formula is C76H132O6. The zero-order valence-electron chi connectivity index (χ0n) is 54.2. The first-order valence-electron chi connectivity index (χ1n) is 35.2. The Bertz CT molecular complexity index is 1590. The van der Waals surface area contributed by atoms with Crippen LogP contribution in [0.5, 0.6) is 0 Å². The number of rotatable bonds is 64. The van der Waals surface area contributed by atoms with Gasteiger partial charge in [0.25, 0.3) is 0 Å². The van der Waals surface area contributed by atoms with Crippen LogP contribution in [0, 0.1) is 0 Å². The summed E-state index contributed by atoms with van der Waals surface area (Å²) >= 11 is 0. The monoisotopic (exact) mass is 1140 g/mol. The quantitative estimate of drug-likeness (QED) is 0.0261. The Labute approximate surface area is 508 Å². The van der Waals surface area contributed by atoms with E-state index in [0.717, 1.165) is 116 Å². The van der Waals surface area contributed by atoms with Crippen molar-refractivity contribution in [2.24, 2.45) is 0 Å². The predicted molar refractivity (Wildman–Crippen MR) is 357 cm³/mol. The minimum atomic E-state index is -0.786. The van der Waals surface area contributed by atoms with Crippen LogP contribution in [0.25, 0.3) is 0 Å². The molecule has 0 N–H and O–H groups in total. The molecule has 0 rings (SSSR count). The molecule has 6 heteroatoms. The maximum atomic E-state index is 13.0. The van der Waals surface area contributed by atoms with Crippen LogP contribution in [0.4, 0.5) is 0 Å². The molecule has 0 aromatic carbocycles. The molecule has 0 fully saturated rings. The predicted octanol–water partition coefficient (Wildman–Crippen LogP) is 24.4. The highest BCUT2D eigenvalue weighted by Gasteiger charge is 2.19. The van der Waals surface area contributed by atoms with Crippen molar-refractivity contribution >= 4 is 17.9 Å². The zero-order chi connectivity index (χ0) is 59.2. The number of esters is 3. The maximum absolute atomic E-state index is 13.0. The molecule has 0 saturated heterocycles. The number of carbonyl (C=O) groups excluding carboxylic acids is 3. The largest absolute Gasteiger partial charge is 0.462 e. The van der Waals surface area contributed by atoms with Crippen LogP contribution in [0.3, 0.4) is 0 Å². The molecule has 1 unspecified atom stereocenters. The van der Waals surface area contributed by atoms with Crippen LogP contribution in [0.2, 0.25) is 0 Å². The molecule has 82 heavy (non-hydrogen) atoms. The van der Waals surface area contributed by atoms with Gasteiger partial charge in [0.2, 0.25) is 0 Å². The van der Waals surface area contributed by atoms with Gasteiger partial charge >= 0.3 is 17.9 Å². The van der Waals surface area contributed by atoms with Crippen LogP contribution in [0.1, 0.15) is 348 Å². The Kier molecular flexibility index (Phi) is 66.7. The number of allylic oxidation sites excluding steroid dienone is 16. The highest BCUT2D eigenvalue weighted by Crippen LogP contribution is 2.17. The fourth-order valence-corrected chi connectivity index (χ4v) is 10.1. The van der Waals surface area contributed by atoms with E-state index in [1.165, 1.54) is 193 Å². The second-order valence-corrected chi connectivity index (χ2v) is 23.4. The standard InChI is InChI=1S/C76H132O6/c1-4-7-10-13-16-19-22-25-28-31-33-34-35-36-37-38-39-40-41-42-44-45-48-51-54-57-60-63-66-69-75(78)81-72-73(71-80-74(77)68-65-62-59-56-53-50-47-30-27-24-21-18-15-12-9-6-3)82-76(79)70-67-64-61-58-55-52-49-46-43-32-29-26-23-20-17-14-11-8-5-2/h7,10,16,19,25,28,30,33-34,36-37,39-40,42,44,47,73H,4-6,8-9,11-15,17-18,20-24,26-27,29,31-32,35,38,41,43,45-46,48-72H2,1-3H3/b10-7-,19-16-,28-25-,34-33-,37-36-,40-39-,44-42-,47-30-. The lowest BCUT2D eigenvalue weighted by Crippen LogP contribution is -2.30. The molecule has 0 aliphatic carbocycles. The average Bonchev–Trinajstić information content (AvgIpc) is 3.47. The summed E-state index contributed by atoms with van der Waals surface area (Å²) in [5.74, 6) is -0.882. The molecule has 0 amide bonds. The van der Waals surface area contributed by atoms with E-state index in [4.69, 9.17) is 14.2 Å². The summed E-state index contributed by atoms with van der Waals surface area (Å²) in [5.41, 5.74) is 0. The van der Waals surface area contributed by atoms with E-state index in [2.05, 4.69) is 118 Å². The first-order chi connectivity index (χ1) is 40.5. The van der Waals surface area contributed by atoms with Gasteiger partial charge in [0.15, 0.2) is 6.10 Å². The van der Waals surface area contributed by atoms with Gasteiger partial charge in [-0.15, -0.1) is 0 Å². The minimum Gasteiger partial charge on any atom is -0.462 e. The third kappa shape index (κ3) is 67.1. The van der Waals surface area contributed by atoms with Gasteiger partial charge in [0, 0.05) is 19.3 Å². The summed E-state index contributed by atoms with van der Waals surface area (Å²) in [6.45, 7) is 6.56. The first kappa shape index (κ1) is 78.3. The van der Waals surface area contributed by atoms with Crippen LogP contribution < -0.4 is 0 Å². The first-order valence-corrected chi connectivity index (χ1v) is 35.2. The highest BCUT2D eigenvalue weighted by atomic mass is 16.6. The molecular weight excluding hydrogens is 1010 g/mol. The summed E-state index contributed by atoms with van der Waals surface area (Å²) in [4.78, 5) is 38.5. The molecule has 0 radical (unpaired) electrons. The van der Waals surface area contributed by atoms with Gasteiger partial charge in [0.1, 0.15) is 13.2 Å². The average molecular weight is 1140 g/mol. The summed E-state index contributed by atoms with van der Waals surface area (Å²) in [6, 6.07) is 0. The second kappa shape index (κ2) is 69.8. The Morgan fingerprint density at radius 2 is 0.476 bits per heavy atom. The third-order valence-corrected chi connectivity index (χ3v) is 15.3. The van der Waals surface area contributed by atoms with Gasteiger partial charge in [0.05, 0.1) is 0 Å². The van der Waals surface area contributed by atoms with Crippen molar-refractivity contribution < 1.29 is 28.6 Å². The lowest BCUT2D eigenvalue weighted by atomic mass is 10.0. The molecule has 0 aromatic heterocycles. The second-order valence-electron chi connectivity index (χ2n) is 23.4. The lowest BCUT2D eigenvalue weighted by molar-refractivity contribution is -0.167. The molecule has 0 spiro atoms. The van der Waals surface area contributed by atoms with Crippen LogP contribution in [-0.2, 0) is 28.6 Å². The maximum Gasteiger partial charge on any atom is 0.306 e. The van der Waals surface area contributed by atoms with E-state index in [9.17, 15) is 14.4 Å². The summed E-state index contributed by atoms with van der Waals surface area (Å²) in [6.07, 6.45) is 94.2. The zero-order valence-corrected chi connectivity index (χ0v) is 54.2. The van der Waals surface area contributed by atoms with E-state index in [1.807, 2.05) is 0 Å². The highest BCUT2D eigenvalue weighted by molar-refractivity contribution is 5.71. The summed E-state index contributed by atoms with van der Waals surface area (Å²) < 4.78 is 17.0. The van der Waals surface area contributed by atoms with Crippen molar-refractivity contribution in [3.63, 3.8) is 0 Å². The molecule has 1 atom stereocenters. The number of ether oxygens (including phenoxy) is 3. The van der Waals surface area contributed by atoms with Crippen LogP contribution in [-0.4, -0.2) is 37.2 Å². The van der Waals surface area contributed by atoms with Crippen LogP contribution >= 0.6 is 0 Å². The van der Waals surface area contributed by atoms with Crippen molar-refractivity contribution in [3.8, 4) is 0 Å². The molecule has 0 bridgehead atoms. The van der Waals surface area contributed by atoms with Crippen molar-refractivity contribution in [1.82, 2.24) is 0 Å². The number of hydrogen-bond acceptors (Lipinski definition) is 6. The third-order valence-electron chi connectivity index (χ3n) is 15.3. The fraction of sp³-hybridized carbons (Fsp3) is 0.750. The van der Waals surface area contributed by atoms with E-state index >= 15 is 0 Å². The van der Waals surface area contributed by atoms with Gasteiger partial charge in [-0.05, 0) is 103 Å². The van der Waals surface area contributed by atoms with Gasteiger partial charge in [-0.2, -0.15) is 0 Å². The SMILES string of the molecule is CC/C=C\C/C=C\C/C=C\C/C=C\C/C=C\C/C=C\C/C=C\CCCCCCCCCC(=O)OCC(COC(=O)CCCCCCC/C=C\CCCCCCCCC)OC(=O)CCCCCCCCCCCCCCCCCCCCC. The van der Waals surface area contributed by atoms with E-state index in [0.29, 0.717) is 19.3 Å². The van der Waals surface area contributed by atoms with E-state index in [-0.39, 0.29) is 31.1 Å². The van der Waals surface area contributed by atoms with Crippen molar-refractivity contribution in [1.29, 1.82) is 0 Å². The molecule has 6 nitrogen and oxygen atoms in total. The summed E-state index contributed by atoms with van der Waals surface area (Å²) in [7, 11) is 0. The Morgan fingerprint density at radius 1 is 0.256 bits per heavy atom. The summed E-state index contributed by atoms with van der Waals surface area (Å²) in [5, 5.41) is 0. The molecule has 0 aliphatic heterocycles.